The molecule has 0 aliphatic heterocycles. The SMILES string of the molecule is C=C(/C=C/CCCCCCCCC)C/C=C/CCO. The molecule has 19 heavy (non-hydrogen) atoms. The van der Waals surface area contributed by atoms with Crippen molar-refractivity contribution in [2.45, 2.75) is 71.1 Å². The summed E-state index contributed by atoms with van der Waals surface area (Å²) in [4.78, 5) is 0. The molecule has 110 valence electrons. The fourth-order valence-corrected chi connectivity index (χ4v) is 1.96. The third-order valence-electron chi connectivity index (χ3n) is 3.17. The second-order valence-electron chi connectivity index (χ2n) is 5.16. The van der Waals surface area contributed by atoms with E-state index in [1.54, 1.807) is 0 Å². The van der Waals surface area contributed by atoms with Crippen molar-refractivity contribution in [3.63, 3.8) is 0 Å². The molecule has 0 saturated carbocycles. The van der Waals surface area contributed by atoms with Gasteiger partial charge in [0.15, 0.2) is 0 Å². The topological polar surface area (TPSA) is 20.2 Å². The minimum atomic E-state index is 0.233. The number of hydrogen-bond donors (Lipinski definition) is 1. The molecule has 0 aromatic rings. The quantitative estimate of drug-likeness (QED) is 0.262. The first-order valence-electron chi connectivity index (χ1n) is 7.91. The molecule has 0 aromatic heterocycles. The molecule has 1 N–H and O–H groups in total. The van der Waals surface area contributed by atoms with Crippen LogP contribution in [0.15, 0.2) is 36.5 Å². The van der Waals surface area contributed by atoms with Gasteiger partial charge in [-0.2, -0.15) is 0 Å². The maximum Gasteiger partial charge on any atom is 0.0465 e. The van der Waals surface area contributed by atoms with Crippen LogP contribution < -0.4 is 0 Å². The van der Waals surface area contributed by atoms with E-state index in [2.05, 4.69) is 31.7 Å². The van der Waals surface area contributed by atoms with Gasteiger partial charge in [-0.3, -0.25) is 0 Å². The van der Waals surface area contributed by atoms with Gasteiger partial charge in [0.05, 0.1) is 0 Å². The number of aliphatic hydroxyl groups is 1. The molecular formula is C18H32O. The van der Waals surface area contributed by atoms with E-state index in [1.807, 2.05) is 6.08 Å². The van der Waals surface area contributed by atoms with Crippen molar-refractivity contribution in [3.05, 3.63) is 36.5 Å². The Bertz CT molecular complexity index is 250. The smallest absolute Gasteiger partial charge is 0.0465 e. The van der Waals surface area contributed by atoms with E-state index in [4.69, 9.17) is 5.11 Å². The molecule has 1 heteroatoms. The van der Waals surface area contributed by atoms with Gasteiger partial charge in [0, 0.05) is 6.61 Å². The van der Waals surface area contributed by atoms with Crippen LogP contribution in [0.3, 0.4) is 0 Å². The van der Waals surface area contributed by atoms with Crippen LogP contribution in [-0.2, 0) is 0 Å². The maximum atomic E-state index is 8.64. The molecule has 0 rings (SSSR count). The summed E-state index contributed by atoms with van der Waals surface area (Å²) in [6, 6.07) is 0. The second kappa shape index (κ2) is 15.2. The van der Waals surface area contributed by atoms with Gasteiger partial charge in [0.1, 0.15) is 0 Å². The van der Waals surface area contributed by atoms with E-state index < -0.39 is 0 Å². The van der Waals surface area contributed by atoms with E-state index >= 15 is 0 Å². The third kappa shape index (κ3) is 15.1. The summed E-state index contributed by atoms with van der Waals surface area (Å²) in [5, 5.41) is 8.64. The number of rotatable bonds is 13. The number of unbranched alkanes of at least 4 members (excludes halogenated alkanes) is 7. The number of aliphatic hydroxyl groups excluding tert-OH is 1. The summed E-state index contributed by atoms with van der Waals surface area (Å²) in [5.41, 5.74) is 1.15. The predicted octanol–water partition coefficient (Wildman–Crippen LogP) is 5.57. The van der Waals surface area contributed by atoms with Gasteiger partial charge in [-0.1, -0.05) is 81.9 Å². The highest BCUT2D eigenvalue weighted by Crippen LogP contribution is 2.09. The summed E-state index contributed by atoms with van der Waals surface area (Å²) in [6.07, 6.45) is 20.9. The highest BCUT2D eigenvalue weighted by atomic mass is 16.2. The van der Waals surface area contributed by atoms with Crippen LogP contribution in [-0.4, -0.2) is 11.7 Å². The van der Waals surface area contributed by atoms with E-state index in [-0.39, 0.29) is 6.61 Å². The minimum Gasteiger partial charge on any atom is -0.396 e. The lowest BCUT2D eigenvalue weighted by Crippen LogP contribution is -1.79. The molecule has 0 spiro atoms. The van der Waals surface area contributed by atoms with Gasteiger partial charge in [-0.05, 0) is 25.7 Å². The Morgan fingerprint density at radius 3 is 2.26 bits per heavy atom. The first-order chi connectivity index (χ1) is 9.31. The monoisotopic (exact) mass is 264 g/mol. The lowest BCUT2D eigenvalue weighted by Gasteiger charge is -1.99. The van der Waals surface area contributed by atoms with Crippen LogP contribution >= 0.6 is 0 Å². The van der Waals surface area contributed by atoms with Crippen molar-refractivity contribution in [1.29, 1.82) is 0 Å². The molecule has 0 saturated heterocycles. The van der Waals surface area contributed by atoms with Crippen LogP contribution in [0.5, 0.6) is 0 Å². The fourth-order valence-electron chi connectivity index (χ4n) is 1.96. The van der Waals surface area contributed by atoms with Crippen molar-refractivity contribution >= 4 is 0 Å². The zero-order chi connectivity index (χ0) is 14.2. The van der Waals surface area contributed by atoms with Gasteiger partial charge in [-0.25, -0.2) is 0 Å². The van der Waals surface area contributed by atoms with Gasteiger partial charge in [-0.15, -0.1) is 0 Å². The largest absolute Gasteiger partial charge is 0.396 e. The van der Waals surface area contributed by atoms with Crippen LogP contribution in [0.4, 0.5) is 0 Å². The zero-order valence-electron chi connectivity index (χ0n) is 12.7. The van der Waals surface area contributed by atoms with Crippen molar-refractivity contribution in [1.82, 2.24) is 0 Å². The molecule has 0 radical (unpaired) electrons. The van der Waals surface area contributed by atoms with Crippen LogP contribution in [0, 0.1) is 0 Å². The van der Waals surface area contributed by atoms with Crippen molar-refractivity contribution in [2.75, 3.05) is 6.61 Å². The summed E-state index contributed by atoms with van der Waals surface area (Å²) in [7, 11) is 0. The van der Waals surface area contributed by atoms with Gasteiger partial charge >= 0.3 is 0 Å². The average Bonchev–Trinajstić information content (AvgIpc) is 2.42. The molecule has 0 fully saturated rings. The van der Waals surface area contributed by atoms with E-state index in [9.17, 15) is 0 Å². The molecule has 0 aliphatic carbocycles. The Hall–Kier alpha value is -0.820. The lowest BCUT2D eigenvalue weighted by atomic mass is 10.1. The maximum absolute atomic E-state index is 8.64. The van der Waals surface area contributed by atoms with Crippen molar-refractivity contribution < 1.29 is 5.11 Å². The first kappa shape index (κ1) is 18.2. The van der Waals surface area contributed by atoms with Crippen molar-refractivity contribution in [3.8, 4) is 0 Å². The second-order valence-corrected chi connectivity index (χ2v) is 5.16. The Morgan fingerprint density at radius 1 is 0.895 bits per heavy atom. The number of allylic oxidation sites excluding steroid dienone is 4. The summed E-state index contributed by atoms with van der Waals surface area (Å²) >= 11 is 0. The Labute approximate surface area is 120 Å². The molecule has 1 nitrogen and oxygen atoms in total. The van der Waals surface area contributed by atoms with E-state index in [0.29, 0.717) is 0 Å². The van der Waals surface area contributed by atoms with E-state index in [0.717, 1.165) is 18.4 Å². The standard InChI is InChI=1S/C18H32O/c1-3-4-5-6-7-8-9-10-12-15-18(2)16-13-11-14-17-19/h11-13,15,19H,2-10,14,16-17H2,1H3/b13-11+,15-12+. The average molecular weight is 264 g/mol. The van der Waals surface area contributed by atoms with Crippen LogP contribution in [0.2, 0.25) is 0 Å². The third-order valence-corrected chi connectivity index (χ3v) is 3.17. The Morgan fingerprint density at radius 2 is 1.58 bits per heavy atom. The predicted molar refractivity (Wildman–Crippen MR) is 86.3 cm³/mol. The minimum absolute atomic E-state index is 0.233. The Kier molecular flexibility index (Phi) is 14.6. The normalized spacial score (nSPS) is 11.7. The molecule has 0 aliphatic rings. The zero-order valence-corrected chi connectivity index (χ0v) is 12.7. The number of hydrogen-bond acceptors (Lipinski definition) is 1. The van der Waals surface area contributed by atoms with Gasteiger partial charge < -0.3 is 5.11 Å². The molecule has 0 bridgehead atoms. The molecule has 0 heterocycles. The van der Waals surface area contributed by atoms with Gasteiger partial charge in [0.2, 0.25) is 0 Å². The molecule has 0 atom stereocenters. The summed E-state index contributed by atoms with van der Waals surface area (Å²) in [6.45, 7) is 6.51. The van der Waals surface area contributed by atoms with Gasteiger partial charge in [0.25, 0.3) is 0 Å². The summed E-state index contributed by atoms with van der Waals surface area (Å²) in [5.74, 6) is 0. The van der Waals surface area contributed by atoms with E-state index in [1.165, 1.54) is 51.4 Å². The van der Waals surface area contributed by atoms with Crippen LogP contribution in [0.1, 0.15) is 71.1 Å². The molecule has 0 unspecified atom stereocenters. The molecule has 0 aromatic carbocycles. The summed E-state index contributed by atoms with van der Waals surface area (Å²) < 4.78 is 0. The van der Waals surface area contributed by atoms with Crippen LogP contribution in [0.25, 0.3) is 0 Å². The van der Waals surface area contributed by atoms with Crippen molar-refractivity contribution in [2.24, 2.45) is 0 Å². The lowest BCUT2D eigenvalue weighted by molar-refractivity contribution is 0.302. The highest BCUT2D eigenvalue weighted by molar-refractivity contribution is 5.17. The molecule has 0 amide bonds. The first-order valence-corrected chi connectivity index (χ1v) is 7.91. The fraction of sp³-hybridized carbons (Fsp3) is 0.667. The molecular weight excluding hydrogens is 232 g/mol. The highest BCUT2D eigenvalue weighted by Gasteiger charge is 1.90. The Balaban J connectivity index is 3.34.